The Morgan fingerprint density at radius 3 is 2.79 bits per heavy atom. The highest BCUT2D eigenvalue weighted by Crippen LogP contribution is 2.30. The van der Waals surface area contributed by atoms with E-state index in [0.717, 1.165) is 52.2 Å². The molecule has 0 radical (unpaired) electrons. The zero-order chi connectivity index (χ0) is 20.1. The largest absolute Gasteiger partial charge is 0.381 e. The molecule has 4 aromatic heterocycles. The summed E-state index contributed by atoms with van der Waals surface area (Å²) in [6, 6.07) is 2.12. The van der Waals surface area contributed by atoms with Crippen molar-refractivity contribution in [2.45, 2.75) is 32.7 Å². The summed E-state index contributed by atoms with van der Waals surface area (Å²) in [4.78, 5) is 21.8. The smallest absolute Gasteiger partial charge is 0.329 e. The molecule has 0 spiro atoms. The van der Waals surface area contributed by atoms with Crippen LogP contribution in [0.1, 0.15) is 30.0 Å². The molecule has 1 aliphatic heterocycles. The summed E-state index contributed by atoms with van der Waals surface area (Å²) in [6.45, 7) is 5.39. The van der Waals surface area contributed by atoms with Crippen LogP contribution in [0.5, 0.6) is 0 Å². The van der Waals surface area contributed by atoms with Gasteiger partial charge >= 0.3 is 5.69 Å². The first-order valence-corrected chi connectivity index (χ1v) is 9.76. The second kappa shape index (κ2) is 6.70. The topological polar surface area (TPSA) is 91.3 Å². The van der Waals surface area contributed by atoms with Crippen molar-refractivity contribution in [3.63, 3.8) is 0 Å². The number of nitrogens with zero attached hydrogens (tertiary/aromatic N) is 6. The number of ether oxygens (including phenoxy) is 1. The number of nitrogens with one attached hydrogen (secondary N) is 1. The number of imidazole rings is 1. The summed E-state index contributed by atoms with van der Waals surface area (Å²) in [5.41, 5.74) is 5.45. The van der Waals surface area contributed by atoms with Crippen molar-refractivity contribution in [1.29, 1.82) is 0 Å². The first-order valence-electron chi connectivity index (χ1n) is 9.76. The van der Waals surface area contributed by atoms with Crippen molar-refractivity contribution < 1.29 is 4.74 Å². The SMILES string of the molecule is Cc1cc2ncnn2cc1Nc1ncc2c(c1C)n(C1CCOCC1)c(=O)n2C. The molecule has 1 N–H and O–H groups in total. The normalized spacial score (nSPS) is 15.4. The molecule has 1 saturated heterocycles. The van der Waals surface area contributed by atoms with E-state index in [0.29, 0.717) is 13.2 Å². The van der Waals surface area contributed by atoms with Gasteiger partial charge in [0.2, 0.25) is 0 Å². The monoisotopic (exact) mass is 393 g/mol. The molecule has 9 heteroatoms. The van der Waals surface area contributed by atoms with E-state index in [4.69, 9.17) is 4.74 Å². The fourth-order valence-corrected chi connectivity index (χ4v) is 4.12. The molecule has 0 aromatic carbocycles. The first kappa shape index (κ1) is 17.9. The highest BCUT2D eigenvalue weighted by Gasteiger charge is 2.24. The third-order valence-corrected chi connectivity index (χ3v) is 5.80. The van der Waals surface area contributed by atoms with Gasteiger partial charge in [-0.3, -0.25) is 9.13 Å². The van der Waals surface area contributed by atoms with Gasteiger partial charge in [0.15, 0.2) is 5.65 Å². The maximum atomic E-state index is 13.0. The van der Waals surface area contributed by atoms with Gasteiger partial charge in [0.1, 0.15) is 12.1 Å². The van der Waals surface area contributed by atoms with E-state index < -0.39 is 0 Å². The van der Waals surface area contributed by atoms with Gasteiger partial charge < -0.3 is 10.1 Å². The number of fused-ring (bicyclic) bond motifs is 2. The Morgan fingerprint density at radius 2 is 2.00 bits per heavy atom. The molecule has 1 fully saturated rings. The Balaban J connectivity index is 1.64. The first-order chi connectivity index (χ1) is 14.0. The fraction of sp³-hybridized carbons (Fsp3) is 0.400. The Bertz CT molecular complexity index is 1280. The summed E-state index contributed by atoms with van der Waals surface area (Å²) >= 11 is 0. The summed E-state index contributed by atoms with van der Waals surface area (Å²) in [7, 11) is 1.80. The van der Waals surface area contributed by atoms with E-state index in [-0.39, 0.29) is 11.7 Å². The van der Waals surface area contributed by atoms with E-state index in [9.17, 15) is 4.79 Å². The van der Waals surface area contributed by atoms with Crippen LogP contribution in [0, 0.1) is 13.8 Å². The van der Waals surface area contributed by atoms with Gasteiger partial charge in [-0.1, -0.05) is 0 Å². The van der Waals surface area contributed by atoms with Gasteiger partial charge in [0.05, 0.1) is 29.1 Å². The lowest BCUT2D eigenvalue weighted by Crippen LogP contribution is -2.30. The number of hydrogen-bond acceptors (Lipinski definition) is 6. The Hall–Kier alpha value is -3.20. The minimum atomic E-state index is -0.00540. The van der Waals surface area contributed by atoms with E-state index in [2.05, 4.69) is 20.4 Å². The predicted octanol–water partition coefficient (Wildman–Crippen LogP) is 2.49. The van der Waals surface area contributed by atoms with Crippen molar-refractivity contribution in [3.8, 4) is 0 Å². The molecule has 29 heavy (non-hydrogen) atoms. The summed E-state index contributed by atoms with van der Waals surface area (Å²) in [6.07, 6.45) is 6.88. The zero-order valence-electron chi connectivity index (χ0n) is 16.7. The molecule has 9 nitrogen and oxygen atoms in total. The predicted molar refractivity (Wildman–Crippen MR) is 110 cm³/mol. The summed E-state index contributed by atoms with van der Waals surface area (Å²) in [5.74, 6) is 0.728. The Morgan fingerprint density at radius 1 is 1.21 bits per heavy atom. The average Bonchev–Trinajstić information content (AvgIpc) is 3.27. The lowest BCUT2D eigenvalue weighted by molar-refractivity contribution is 0.0696. The van der Waals surface area contributed by atoms with E-state index in [1.165, 1.54) is 6.33 Å². The van der Waals surface area contributed by atoms with E-state index >= 15 is 0 Å². The zero-order valence-corrected chi connectivity index (χ0v) is 16.7. The van der Waals surface area contributed by atoms with Crippen molar-refractivity contribution in [2.24, 2.45) is 7.05 Å². The Labute approximate surface area is 167 Å². The second-order valence-electron chi connectivity index (χ2n) is 7.58. The van der Waals surface area contributed by atoms with Crippen molar-refractivity contribution in [2.75, 3.05) is 18.5 Å². The third kappa shape index (κ3) is 2.80. The molecule has 0 amide bonds. The average molecular weight is 393 g/mol. The quantitative estimate of drug-likeness (QED) is 0.575. The number of rotatable bonds is 3. The highest BCUT2D eigenvalue weighted by molar-refractivity contribution is 5.84. The lowest BCUT2D eigenvalue weighted by atomic mass is 10.1. The van der Waals surface area contributed by atoms with Gasteiger partial charge in [0, 0.05) is 31.9 Å². The molecular weight excluding hydrogens is 370 g/mol. The second-order valence-corrected chi connectivity index (χ2v) is 7.58. The van der Waals surface area contributed by atoms with Crippen LogP contribution in [0.2, 0.25) is 0 Å². The molecule has 5 heterocycles. The maximum absolute atomic E-state index is 13.0. The van der Waals surface area contributed by atoms with Crippen LogP contribution in [0.4, 0.5) is 11.5 Å². The van der Waals surface area contributed by atoms with Crippen LogP contribution < -0.4 is 11.0 Å². The highest BCUT2D eigenvalue weighted by atomic mass is 16.5. The number of aryl methyl sites for hydroxylation is 3. The van der Waals surface area contributed by atoms with E-state index in [1.54, 1.807) is 22.3 Å². The van der Waals surface area contributed by atoms with Gasteiger partial charge in [-0.25, -0.2) is 19.3 Å². The fourth-order valence-electron chi connectivity index (χ4n) is 4.12. The molecule has 150 valence electrons. The number of aromatic nitrogens is 6. The molecule has 0 saturated carbocycles. The lowest BCUT2D eigenvalue weighted by Gasteiger charge is -2.24. The molecule has 0 bridgehead atoms. The molecule has 0 unspecified atom stereocenters. The number of hydrogen-bond donors (Lipinski definition) is 1. The molecule has 0 aliphatic carbocycles. The minimum absolute atomic E-state index is 0.00540. The van der Waals surface area contributed by atoms with Crippen LogP contribution in [-0.2, 0) is 11.8 Å². The van der Waals surface area contributed by atoms with Gasteiger partial charge in [-0.15, -0.1) is 0 Å². The number of pyridine rings is 2. The van der Waals surface area contributed by atoms with Crippen LogP contribution in [0.25, 0.3) is 16.7 Å². The van der Waals surface area contributed by atoms with Gasteiger partial charge in [0.25, 0.3) is 0 Å². The van der Waals surface area contributed by atoms with Crippen molar-refractivity contribution >= 4 is 28.2 Å². The molecule has 0 atom stereocenters. The molecule has 4 aromatic rings. The van der Waals surface area contributed by atoms with Gasteiger partial charge in [-0.2, -0.15) is 5.10 Å². The standard InChI is InChI=1S/C20H23N7O2/c1-12-8-17-22-11-23-26(17)10-15(12)24-19-13(2)18-16(9-21-19)25(3)20(28)27(18)14-4-6-29-7-5-14/h8-11,14H,4-7H2,1-3H3,(H,21,24). The maximum Gasteiger partial charge on any atom is 0.329 e. The van der Waals surface area contributed by atoms with E-state index in [1.807, 2.05) is 30.7 Å². The Kier molecular flexibility index (Phi) is 4.13. The van der Waals surface area contributed by atoms with Crippen LogP contribution in [0.3, 0.4) is 0 Å². The van der Waals surface area contributed by atoms with Crippen LogP contribution >= 0.6 is 0 Å². The van der Waals surface area contributed by atoms with Crippen LogP contribution in [-0.4, -0.2) is 41.9 Å². The van der Waals surface area contributed by atoms with Gasteiger partial charge in [-0.05, 0) is 38.3 Å². The summed E-state index contributed by atoms with van der Waals surface area (Å²) < 4.78 is 10.8. The number of anilines is 2. The molecule has 5 rings (SSSR count). The molecular formula is C20H23N7O2. The minimum Gasteiger partial charge on any atom is -0.381 e. The van der Waals surface area contributed by atoms with Crippen molar-refractivity contribution in [1.82, 2.24) is 28.7 Å². The van der Waals surface area contributed by atoms with Crippen LogP contribution in [0.15, 0.2) is 29.6 Å². The summed E-state index contributed by atoms with van der Waals surface area (Å²) in [5, 5.41) is 7.63. The molecule has 1 aliphatic rings. The third-order valence-electron chi connectivity index (χ3n) is 5.80. The van der Waals surface area contributed by atoms with Crippen molar-refractivity contribution in [3.05, 3.63) is 46.4 Å².